The second kappa shape index (κ2) is 3.48. The first-order valence-electron chi connectivity index (χ1n) is 5.20. The molecule has 0 radical (unpaired) electrons. The molecule has 3 aromatic rings. The van der Waals surface area contributed by atoms with E-state index in [1.807, 2.05) is 30.3 Å². The van der Waals surface area contributed by atoms with Gasteiger partial charge in [-0.15, -0.1) is 0 Å². The Morgan fingerprint density at radius 2 is 1.76 bits per heavy atom. The molecule has 3 rings (SSSR count). The average Bonchev–Trinajstić information content (AvgIpc) is 2.80. The van der Waals surface area contributed by atoms with E-state index in [0.29, 0.717) is 5.82 Å². The number of aromatic nitrogens is 3. The van der Waals surface area contributed by atoms with Crippen molar-refractivity contribution in [2.45, 2.75) is 0 Å². The number of hydrogen-bond acceptors (Lipinski definition) is 4. The summed E-state index contributed by atoms with van der Waals surface area (Å²) in [7, 11) is 0. The highest BCUT2D eigenvalue weighted by Gasteiger charge is 2.07. The van der Waals surface area contributed by atoms with Crippen molar-refractivity contribution < 1.29 is 0 Å². The Bertz CT molecular complexity index is 669. The molecule has 0 amide bonds. The molecule has 0 aliphatic heterocycles. The van der Waals surface area contributed by atoms with Gasteiger partial charge in [-0.25, -0.2) is 4.98 Å². The Balaban J connectivity index is 2.23. The first kappa shape index (κ1) is 9.65. The Kier molecular flexibility index (Phi) is 1.98. The number of nitrogens with zero attached hydrogens (tertiary/aromatic N) is 3. The number of benzene rings is 1. The van der Waals surface area contributed by atoms with Gasteiger partial charge in [0.25, 0.3) is 0 Å². The molecule has 2 aromatic heterocycles. The lowest BCUT2D eigenvalue weighted by Crippen LogP contribution is -2.02. The SMILES string of the molecule is Nc1ccc(-c2cnc3ccnn3c2N)cc1. The summed E-state index contributed by atoms with van der Waals surface area (Å²) in [6, 6.07) is 9.31. The molecule has 2 heterocycles. The number of rotatable bonds is 1. The smallest absolute Gasteiger partial charge is 0.157 e. The van der Waals surface area contributed by atoms with Crippen molar-refractivity contribution in [1.82, 2.24) is 14.6 Å². The Labute approximate surface area is 97.7 Å². The van der Waals surface area contributed by atoms with Crippen LogP contribution in [-0.4, -0.2) is 14.6 Å². The Morgan fingerprint density at radius 1 is 1.00 bits per heavy atom. The van der Waals surface area contributed by atoms with Gasteiger partial charge in [0, 0.05) is 23.5 Å². The maximum Gasteiger partial charge on any atom is 0.157 e. The summed E-state index contributed by atoms with van der Waals surface area (Å²) in [5, 5.41) is 4.13. The quantitative estimate of drug-likeness (QED) is 0.616. The molecule has 4 N–H and O–H groups in total. The summed E-state index contributed by atoms with van der Waals surface area (Å²) in [5.74, 6) is 0.574. The van der Waals surface area contributed by atoms with Crippen LogP contribution in [0.3, 0.4) is 0 Å². The lowest BCUT2D eigenvalue weighted by atomic mass is 10.1. The van der Waals surface area contributed by atoms with Gasteiger partial charge in [-0.3, -0.25) is 0 Å². The normalized spacial score (nSPS) is 10.8. The van der Waals surface area contributed by atoms with Gasteiger partial charge < -0.3 is 11.5 Å². The standard InChI is InChI=1S/C12H11N5/c13-9-3-1-8(2-4-9)10-7-15-11-5-6-16-17(11)12(10)14/h1-7H,13-14H2. The zero-order valence-electron chi connectivity index (χ0n) is 9.04. The van der Waals surface area contributed by atoms with Crippen molar-refractivity contribution >= 4 is 17.2 Å². The van der Waals surface area contributed by atoms with E-state index in [2.05, 4.69) is 10.1 Å². The molecule has 0 atom stereocenters. The molecular formula is C12H11N5. The van der Waals surface area contributed by atoms with Crippen LogP contribution in [0.2, 0.25) is 0 Å². The molecule has 5 heteroatoms. The molecule has 1 aromatic carbocycles. The fraction of sp³-hybridized carbons (Fsp3) is 0. The van der Waals surface area contributed by atoms with E-state index in [0.717, 1.165) is 22.5 Å². The van der Waals surface area contributed by atoms with Crippen molar-refractivity contribution in [2.24, 2.45) is 0 Å². The summed E-state index contributed by atoms with van der Waals surface area (Å²) >= 11 is 0. The maximum absolute atomic E-state index is 6.06. The molecule has 5 nitrogen and oxygen atoms in total. The summed E-state index contributed by atoms with van der Waals surface area (Å²) in [6.07, 6.45) is 3.42. The summed E-state index contributed by atoms with van der Waals surface area (Å²) < 4.78 is 1.62. The highest BCUT2D eigenvalue weighted by Crippen LogP contribution is 2.25. The maximum atomic E-state index is 6.06. The van der Waals surface area contributed by atoms with Crippen molar-refractivity contribution in [3.63, 3.8) is 0 Å². The zero-order valence-corrected chi connectivity index (χ0v) is 9.04. The molecule has 0 aliphatic rings. The van der Waals surface area contributed by atoms with Crippen LogP contribution < -0.4 is 11.5 Å². The number of nitrogens with two attached hydrogens (primary N) is 2. The predicted octanol–water partition coefficient (Wildman–Crippen LogP) is 1.56. The highest BCUT2D eigenvalue weighted by atomic mass is 15.3. The van der Waals surface area contributed by atoms with E-state index in [1.165, 1.54) is 0 Å². The molecule has 0 fully saturated rings. The van der Waals surface area contributed by atoms with Crippen LogP contribution >= 0.6 is 0 Å². The molecule has 17 heavy (non-hydrogen) atoms. The van der Waals surface area contributed by atoms with Crippen molar-refractivity contribution in [2.75, 3.05) is 11.5 Å². The van der Waals surface area contributed by atoms with Gasteiger partial charge in [0.15, 0.2) is 5.65 Å². The number of fused-ring (bicyclic) bond motifs is 1. The van der Waals surface area contributed by atoms with Crippen LogP contribution in [0.5, 0.6) is 0 Å². The minimum absolute atomic E-state index is 0.574. The molecule has 0 aliphatic carbocycles. The van der Waals surface area contributed by atoms with Crippen molar-refractivity contribution in [3.8, 4) is 11.1 Å². The second-order valence-corrected chi connectivity index (χ2v) is 3.78. The molecule has 0 saturated carbocycles. The van der Waals surface area contributed by atoms with E-state index in [9.17, 15) is 0 Å². The van der Waals surface area contributed by atoms with E-state index in [-0.39, 0.29) is 0 Å². The van der Waals surface area contributed by atoms with Crippen LogP contribution in [0.15, 0.2) is 42.7 Å². The monoisotopic (exact) mass is 225 g/mol. The molecule has 0 bridgehead atoms. The first-order chi connectivity index (χ1) is 8.25. The topological polar surface area (TPSA) is 82.2 Å². The number of anilines is 2. The highest BCUT2D eigenvalue weighted by molar-refractivity contribution is 5.75. The Hall–Kier alpha value is -2.56. The van der Waals surface area contributed by atoms with E-state index >= 15 is 0 Å². The first-order valence-corrected chi connectivity index (χ1v) is 5.20. The van der Waals surface area contributed by atoms with Crippen LogP contribution in [0.1, 0.15) is 0 Å². The van der Waals surface area contributed by atoms with Crippen LogP contribution in [0, 0.1) is 0 Å². The summed E-state index contributed by atoms with van der Waals surface area (Å²) in [5.41, 5.74) is 15.0. The third kappa shape index (κ3) is 1.48. The second-order valence-electron chi connectivity index (χ2n) is 3.78. The summed E-state index contributed by atoms with van der Waals surface area (Å²) in [6.45, 7) is 0. The zero-order chi connectivity index (χ0) is 11.8. The predicted molar refractivity (Wildman–Crippen MR) is 67.2 cm³/mol. The largest absolute Gasteiger partial charge is 0.399 e. The summed E-state index contributed by atoms with van der Waals surface area (Å²) in [4.78, 5) is 4.29. The van der Waals surface area contributed by atoms with Crippen molar-refractivity contribution in [1.29, 1.82) is 0 Å². The van der Waals surface area contributed by atoms with Gasteiger partial charge >= 0.3 is 0 Å². The molecule has 84 valence electrons. The van der Waals surface area contributed by atoms with Crippen LogP contribution in [0.4, 0.5) is 11.5 Å². The van der Waals surface area contributed by atoms with Gasteiger partial charge in [0.2, 0.25) is 0 Å². The average molecular weight is 225 g/mol. The number of nitrogen functional groups attached to an aromatic ring is 2. The molecular weight excluding hydrogens is 214 g/mol. The molecule has 0 saturated heterocycles. The van der Waals surface area contributed by atoms with Gasteiger partial charge in [0.1, 0.15) is 5.82 Å². The third-order valence-corrected chi connectivity index (χ3v) is 2.67. The van der Waals surface area contributed by atoms with Gasteiger partial charge in [-0.2, -0.15) is 9.61 Å². The third-order valence-electron chi connectivity index (χ3n) is 2.67. The van der Waals surface area contributed by atoms with Gasteiger partial charge in [-0.05, 0) is 17.7 Å². The van der Waals surface area contributed by atoms with E-state index < -0.39 is 0 Å². The van der Waals surface area contributed by atoms with E-state index in [1.54, 1.807) is 16.9 Å². The van der Waals surface area contributed by atoms with Gasteiger partial charge in [0.05, 0.1) is 6.20 Å². The molecule has 0 spiro atoms. The van der Waals surface area contributed by atoms with E-state index in [4.69, 9.17) is 11.5 Å². The van der Waals surface area contributed by atoms with Crippen LogP contribution in [-0.2, 0) is 0 Å². The fourth-order valence-electron chi connectivity index (χ4n) is 1.78. The Morgan fingerprint density at radius 3 is 2.53 bits per heavy atom. The number of hydrogen-bond donors (Lipinski definition) is 2. The minimum Gasteiger partial charge on any atom is -0.399 e. The fourth-order valence-corrected chi connectivity index (χ4v) is 1.78. The molecule has 0 unspecified atom stereocenters. The van der Waals surface area contributed by atoms with Crippen LogP contribution in [0.25, 0.3) is 16.8 Å². The minimum atomic E-state index is 0.574. The lowest BCUT2D eigenvalue weighted by Gasteiger charge is -2.07. The lowest BCUT2D eigenvalue weighted by molar-refractivity contribution is 0.954. The van der Waals surface area contributed by atoms with Gasteiger partial charge in [-0.1, -0.05) is 12.1 Å². The van der Waals surface area contributed by atoms with Crippen molar-refractivity contribution in [3.05, 3.63) is 42.7 Å².